The first kappa shape index (κ1) is 21.6. The zero-order valence-electron chi connectivity index (χ0n) is 16.3. The van der Waals surface area contributed by atoms with Crippen molar-refractivity contribution in [1.29, 1.82) is 5.26 Å². The van der Waals surface area contributed by atoms with E-state index in [2.05, 4.69) is 25.2 Å². The maximum atomic E-state index is 14.5. The van der Waals surface area contributed by atoms with E-state index in [0.29, 0.717) is 0 Å². The smallest absolute Gasteiger partial charge is 0.457 e. The second-order valence-electron chi connectivity index (χ2n) is 6.51. The third kappa shape index (κ3) is 4.99. The Morgan fingerprint density at radius 1 is 1.06 bits per heavy atom. The zero-order valence-corrected chi connectivity index (χ0v) is 16.3. The topological polar surface area (TPSA) is 113 Å². The first-order valence-electron chi connectivity index (χ1n) is 9.10. The van der Waals surface area contributed by atoms with Gasteiger partial charge in [-0.05, 0) is 36.4 Å². The highest BCUT2D eigenvalue weighted by Crippen LogP contribution is 2.29. The number of anilines is 1. The van der Waals surface area contributed by atoms with E-state index in [1.54, 1.807) is 0 Å². The van der Waals surface area contributed by atoms with E-state index >= 15 is 0 Å². The number of amides is 1. The Kier molecular flexibility index (Phi) is 5.53. The number of carbonyl (C=O) groups excluding carboxylic acids is 1. The number of pyridine rings is 1. The molecule has 8 nitrogen and oxygen atoms in total. The Bertz CT molecular complexity index is 1390. The molecule has 0 saturated heterocycles. The molecule has 0 aliphatic rings. The van der Waals surface area contributed by atoms with Gasteiger partial charge in [-0.2, -0.15) is 10.4 Å². The largest absolute Gasteiger partial charge is 0.573 e. The molecular formula is C21H11F4N5O3. The normalized spacial score (nSPS) is 11.1. The van der Waals surface area contributed by atoms with Gasteiger partial charge in [-0.25, -0.2) is 9.37 Å². The van der Waals surface area contributed by atoms with Crippen molar-refractivity contribution in [3.05, 3.63) is 71.9 Å². The first-order valence-corrected chi connectivity index (χ1v) is 9.10. The highest BCUT2D eigenvalue weighted by atomic mass is 19.4. The molecule has 2 aromatic heterocycles. The molecule has 0 atom stereocenters. The van der Waals surface area contributed by atoms with Gasteiger partial charge in [-0.15, -0.1) is 13.2 Å². The Hall–Kier alpha value is -4.66. The van der Waals surface area contributed by atoms with Crippen LogP contribution in [0.3, 0.4) is 0 Å². The summed E-state index contributed by atoms with van der Waals surface area (Å²) in [7, 11) is 0. The van der Waals surface area contributed by atoms with Crippen molar-refractivity contribution in [3.63, 3.8) is 0 Å². The van der Waals surface area contributed by atoms with Crippen LogP contribution in [0.25, 0.3) is 10.9 Å². The van der Waals surface area contributed by atoms with E-state index in [1.165, 1.54) is 36.5 Å². The third-order valence-corrected chi connectivity index (χ3v) is 4.25. The van der Waals surface area contributed by atoms with E-state index in [-0.39, 0.29) is 39.5 Å². The number of H-pyrrole nitrogens is 1. The van der Waals surface area contributed by atoms with Gasteiger partial charge >= 0.3 is 6.36 Å². The Balaban J connectivity index is 1.53. The van der Waals surface area contributed by atoms with Crippen LogP contribution in [0.2, 0.25) is 0 Å². The molecular weight excluding hydrogens is 446 g/mol. The van der Waals surface area contributed by atoms with Gasteiger partial charge in [0.1, 0.15) is 34.8 Å². The molecule has 2 N–H and O–H groups in total. The summed E-state index contributed by atoms with van der Waals surface area (Å²) in [4.78, 5) is 16.4. The van der Waals surface area contributed by atoms with Gasteiger partial charge in [-0.3, -0.25) is 9.89 Å². The summed E-state index contributed by atoms with van der Waals surface area (Å²) < 4.78 is 61.3. The summed E-state index contributed by atoms with van der Waals surface area (Å²) in [5.41, 5.74) is -0.0586. The fraction of sp³-hybridized carbons (Fsp3) is 0.0476. The Morgan fingerprint density at radius 2 is 1.82 bits per heavy atom. The standard InChI is InChI=1S/C21H11F4N5O3/c22-16-9-12(32-13-5-6-27-11(7-13)10-26)1-4-18(16)28-20(31)19-15-8-14(33-21(23,24)25)2-3-17(15)29-30-19/h1-9H,(H,28,31)(H,29,30). The number of hydrogen-bond donors (Lipinski definition) is 2. The molecule has 0 radical (unpaired) electrons. The zero-order chi connectivity index (χ0) is 23.6. The monoisotopic (exact) mass is 457 g/mol. The van der Waals surface area contributed by atoms with E-state index < -0.39 is 23.8 Å². The lowest BCUT2D eigenvalue weighted by atomic mass is 10.2. The lowest BCUT2D eigenvalue weighted by Gasteiger charge is -2.10. The number of hydrogen-bond acceptors (Lipinski definition) is 6. The minimum Gasteiger partial charge on any atom is -0.457 e. The minimum absolute atomic E-state index is 0.0561. The summed E-state index contributed by atoms with van der Waals surface area (Å²) in [5.74, 6) is -1.87. The van der Waals surface area contributed by atoms with Gasteiger partial charge in [0.05, 0.1) is 11.2 Å². The molecule has 12 heteroatoms. The van der Waals surface area contributed by atoms with Crippen molar-refractivity contribution in [2.45, 2.75) is 6.36 Å². The number of fused-ring (bicyclic) bond motifs is 1. The maximum Gasteiger partial charge on any atom is 0.573 e. The first-order chi connectivity index (χ1) is 15.7. The summed E-state index contributed by atoms with van der Waals surface area (Å²) in [6.45, 7) is 0. The molecule has 4 aromatic rings. The molecule has 0 saturated carbocycles. The number of rotatable bonds is 5. The van der Waals surface area contributed by atoms with Crippen molar-refractivity contribution in [3.8, 4) is 23.3 Å². The van der Waals surface area contributed by atoms with Crippen LogP contribution in [0, 0.1) is 17.1 Å². The average Bonchev–Trinajstić information content (AvgIpc) is 3.18. The molecule has 0 fully saturated rings. The molecule has 2 heterocycles. The number of benzene rings is 2. The van der Waals surface area contributed by atoms with Crippen molar-refractivity contribution in [2.75, 3.05) is 5.32 Å². The predicted molar refractivity (Wildman–Crippen MR) is 106 cm³/mol. The van der Waals surface area contributed by atoms with Crippen LogP contribution in [-0.2, 0) is 0 Å². The number of carbonyl (C=O) groups is 1. The minimum atomic E-state index is -4.90. The Morgan fingerprint density at radius 3 is 2.55 bits per heavy atom. The number of aromatic nitrogens is 3. The number of nitriles is 1. The second kappa shape index (κ2) is 8.46. The molecule has 4 rings (SSSR count). The molecule has 2 aromatic carbocycles. The second-order valence-corrected chi connectivity index (χ2v) is 6.51. The summed E-state index contributed by atoms with van der Waals surface area (Å²) in [5, 5.41) is 17.6. The van der Waals surface area contributed by atoms with Gasteiger partial charge in [-0.1, -0.05) is 0 Å². The van der Waals surface area contributed by atoms with Crippen LogP contribution in [0.4, 0.5) is 23.2 Å². The van der Waals surface area contributed by atoms with E-state index in [4.69, 9.17) is 10.00 Å². The van der Waals surface area contributed by atoms with Crippen molar-refractivity contribution >= 4 is 22.5 Å². The van der Waals surface area contributed by atoms with E-state index in [0.717, 1.165) is 18.2 Å². The molecule has 0 spiro atoms. The molecule has 0 aliphatic heterocycles. The lowest BCUT2D eigenvalue weighted by molar-refractivity contribution is -0.274. The summed E-state index contributed by atoms with van der Waals surface area (Å²) >= 11 is 0. The van der Waals surface area contributed by atoms with Crippen LogP contribution < -0.4 is 14.8 Å². The number of halogens is 4. The van der Waals surface area contributed by atoms with Crippen molar-refractivity contribution < 1.29 is 31.8 Å². The summed E-state index contributed by atoms with van der Waals surface area (Å²) in [6, 6.07) is 11.7. The molecule has 33 heavy (non-hydrogen) atoms. The molecule has 0 aliphatic carbocycles. The average molecular weight is 457 g/mol. The quantitative estimate of drug-likeness (QED) is 0.412. The number of aromatic amines is 1. The van der Waals surface area contributed by atoms with Crippen LogP contribution in [-0.4, -0.2) is 27.5 Å². The highest BCUT2D eigenvalue weighted by molar-refractivity contribution is 6.11. The molecule has 0 bridgehead atoms. The number of nitrogens with one attached hydrogen (secondary N) is 2. The van der Waals surface area contributed by atoms with Crippen LogP contribution in [0.15, 0.2) is 54.7 Å². The number of ether oxygens (including phenoxy) is 2. The van der Waals surface area contributed by atoms with Gasteiger partial charge in [0.25, 0.3) is 5.91 Å². The fourth-order valence-electron chi connectivity index (χ4n) is 2.88. The van der Waals surface area contributed by atoms with Gasteiger partial charge in [0, 0.05) is 23.7 Å². The predicted octanol–water partition coefficient (Wildman–Crippen LogP) is 4.91. The van der Waals surface area contributed by atoms with Gasteiger partial charge < -0.3 is 14.8 Å². The third-order valence-electron chi connectivity index (χ3n) is 4.25. The molecule has 166 valence electrons. The summed E-state index contributed by atoms with van der Waals surface area (Å²) in [6.07, 6.45) is -3.54. The van der Waals surface area contributed by atoms with Crippen LogP contribution in [0.1, 0.15) is 16.2 Å². The Labute approximate surface area is 182 Å². The van der Waals surface area contributed by atoms with Gasteiger partial charge in [0.15, 0.2) is 5.69 Å². The van der Waals surface area contributed by atoms with E-state index in [1.807, 2.05) is 6.07 Å². The van der Waals surface area contributed by atoms with Crippen molar-refractivity contribution in [2.24, 2.45) is 0 Å². The number of alkyl halides is 3. The van der Waals surface area contributed by atoms with Crippen LogP contribution >= 0.6 is 0 Å². The number of nitrogens with zero attached hydrogens (tertiary/aromatic N) is 3. The van der Waals surface area contributed by atoms with E-state index in [9.17, 15) is 22.4 Å². The molecule has 1 amide bonds. The highest BCUT2D eigenvalue weighted by Gasteiger charge is 2.31. The van der Waals surface area contributed by atoms with Crippen molar-refractivity contribution in [1.82, 2.24) is 15.2 Å². The maximum absolute atomic E-state index is 14.5. The molecule has 0 unspecified atom stereocenters. The SMILES string of the molecule is N#Cc1cc(Oc2ccc(NC(=O)c3n[nH]c4ccc(OC(F)(F)F)cc34)c(F)c2)ccn1. The van der Waals surface area contributed by atoms with Gasteiger partial charge in [0.2, 0.25) is 0 Å². The lowest BCUT2D eigenvalue weighted by Crippen LogP contribution is -2.17. The van der Waals surface area contributed by atoms with Crippen LogP contribution in [0.5, 0.6) is 17.2 Å². The fourth-order valence-corrected chi connectivity index (χ4v) is 2.88.